The van der Waals surface area contributed by atoms with Crippen LogP contribution in [0.2, 0.25) is 0 Å². The number of benzene rings is 2. The van der Waals surface area contributed by atoms with E-state index in [0.29, 0.717) is 5.11 Å². The fraction of sp³-hybridized carbons (Fsp3) is 0.158. The van der Waals surface area contributed by atoms with Gasteiger partial charge in [-0.1, -0.05) is 35.0 Å². The number of hydrazone groups is 1. The number of H-pyrrole nitrogens is 1. The second-order valence-electron chi connectivity index (χ2n) is 5.76. The van der Waals surface area contributed by atoms with E-state index in [9.17, 15) is 0 Å². The first kappa shape index (κ1) is 17.6. The molecular formula is C19H19BrN4S. The van der Waals surface area contributed by atoms with Crippen LogP contribution >= 0.6 is 28.1 Å². The summed E-state index contributed by atoms with van der Waals surface area (Å²) in [4.78, 5) is 3.28. The molecule has 2 aromatic carbocycles. The molecule has 0 saturated carbocycles. The molecular weight excluding hydrogens is 396 g/mol. The quantitative estimate of drug-likeness (QED) is 0.315. The molecule has 1 heterocycles. The number of aromatic nitrogens is 1. The number of nitrogens with zero attached hydrogens (tertiary/aromatic N) is 1. The largest absolute Gasteiger partial charge is 0.360 e. The molecule has 0 spiro atoms. The van der Waals surface area contributed by atoms with Gasteiger partial charge in [0.15, 0.2) is 5.11 Å². The van der Waals surface area contributed by atoms with E-state index in [0.717, 1.165) is 33.0 Å². The van der Waals surface area contributed by atoms with E-state index >= 15 is 0 Å². The van der Waals surface area contributed by atoms with Crippen LogP contribution in [0.4, 0.5) is 5.69 Å². The molecule has 0 saturated heterocycles. The zero-order chi connectivity index (χ0) is 17.8. The van der Waals surface area contributed by atoms with Crippen LogP contribution in [0, 0.1) is 6.92 Å². The number of aromatic amines is 1. The van der Waals surface area contributed by atoms with Crippen LogP contribution in [0.25, 0.3) is 10.9 Å². The Morgan fingerprint density at radius 3 is 2.76 bits per heavy atom. The van der Waals surface area contributed by atoms with Gasteiger partial charge in [-0.25, -0.2) is 0 Å². The number of fused-ring (bicyclic) bond motifs is 1. The first-order chi connectivity index (χ1) is 12.1. The molecule has 3 N–H and O–H groups in total. The average Bonchev–Trinajstić information content (AvgIpc) is 2.99. The zero-order valence-corrected chi connectivity index (χ0v) is 16.5. The number of thiocarbonyl (C=S) groups is 1. The summed E-state index contributed by atoms with van der Waals surface area (Å²) in [6, 6.07) is 12.3. The molecule has 6 heteroatoms. The van der Waals surface area contributed by atoms with Crippen LogP contribution < -0.4 is 10.7 Å². The highest BCUT2D eigenvalue weighted by molar-refractivity contribution is 9.10. The molecule has 0 bridgehead atoms. The van der Waals surface area contributed by atoms with Crippen LogP contribution in [0.1, 0.15) is 23.6 Å². The summed E-state index contributed by atoms with van der Waals surface area (Å²) in [5.41, 5.74) is 8.39. The van der Waals surface area contributed by atoms with Crippen molar-refractivity contribution in [3.8, 4) is 0 Å². The van der Waals surface area contributed by atoms with E-state index < -0.39 is 0 Å². The molecule has 0 fully saturated rings. The van der Waals surface area contributed by atoms with Gasteiger partial charge in [0.25, 0.3) is 0 Å². The van der Waals surface area contributed by atoms with Gasteiger partial charge in [-0.3, -0.25) is 5.43 Å². The minimum absolute atomic E-state index is 0.456. The van der Waals surface area contributed by atoms with Gasteiger partial charge in [-0.15, -0.1) is 0 Å². The van der Waals surface area contributed by atoms with Crippen molar-refractivity contribution in [1.82, 2.24) is 10.4 Å². The average molecular weight is 415 g/mol. The summed E-state index contributed by atoms with van der Waals surface area (Å²) in [5.74, 6) is 0. The van der Waals surface area contributed by atoms with Crippen molar-refractivity contribution in [3.63, 3.8) is 0 Å². The minimum Gasteiger partial charge on any atom is -0.360 e. The molecule has 0 aliphatic heterocycles. The van der Waals surface area contributed by atoms with Gasteiger partial charge in [-0.05, 0) is 61.0 Å². The van der Waals surface area contributed by atoms with Gasteiger partial charge in [0.2, 0.25) is 0 Å². The lowest BCUT2D eigenvalue weighted by Crippen LogP contribution is -2.23. The van der Waals surface area contributed by atoms with Gasteiger partial charge in [0.1, 0.15) is 0 Å². The predicted molar refractivity (Wildman–Crippen MR) is 114 cm³/mol. The molecule has 0 aliphatic carbocycles. The molecule has 25 heavy (non-hydrogen) atoms. The fourth-order valence-corrected chi connectivity index (χ4v) is 3.38. The Morgan fingerprint density at radius 2 is 2.04 bits per heavy atom. The predicted octanol–water partition coefficient (Wildman–Crippen LogP) is 5.12. The summed E-state index contributed by atoms with van der Waals surface area (Å²) in [5, 5.41) is 8.93. The Hall–Kier alpha value is -2.18. The second-order valence-corrected chi connectivity index (χ2v) is 7.09. The van der Waals surface area contributed by atoms with Crippen molar-refractivity contribution >= 4 is 56.1 Å². The molecule has 0 amide bonds. The Kier molecular flexibility index (Phi) is 5.50. The van der Waals surface area contributed by atoms with Crippen molar-refractivity contribution in [2.45, 2.75) is 20.3 Å². The monoisotopic (exact) mass is 414 g/mol. The standard InChI is InChI=1S/C19H19BrN4S/c1-3-13-4-6-16(7-5-13)23-19(25)24-22-11-14-10-21-18-12(2)8-15(20)9-17(14)18/h4-11,21H,3H2,1-2H3,(H2,23,24,25)/b22-11-. The van der Waals surface area contributed by atoms with Crippen LogP contribution in [0.5, 0.6) is 0 Å². The van der Waals surface area contributed by atoms with E-state index in [4.69, 9.17) is 12.2 Å². The number of anilines is 1. The van der Waals surface area contributed by atoms with Crippen LogP contribution in [-0.2, 0) is 6.42 Å². The molecule has 128 valence electrons. The highest BCUT2D eigenvalue weighted by Gasteiger charge is 2.05. The third-order valence-corrected chi connectivity index (χ3v) is 4.62. The topological polar surface area (TPSA) is 52.2 Å². The fourth-order valence-electron chi connectivity index (χ4n) is 2.64. The SMILES string of the molecule is CCc1ccc(NC(=S)N/N=C\c2c[nH]c3c(C)cc(Br)cc23)cc1. The maximum atomic E-state index is 5.28. The van der Waals surface area contributed by atoms with E-state index in [1.165, 1.54) is 11.1 Å². The maximum absolute atomic E-state index is 5.28. The van der Waals surface area contributed by atoms with Crippen LogP contribution in [-0.4, -0.2) is 16.3 Å². The van der Waals surface area contributed by atoms with Crippen molar-refractivity contribution in [2.24, 2.45) is 5.10 Å². The number of hydrogen-bond donors (Lipinski definition) is 3. The third kappa shape index (κ3) is 4.27. The molecule has 0 unspecified atom stereocenters. The van der Waals surface area contributed by atoms with Gasteiger partial charge in [0, 0.05) is 32.8 Å². The summed E-state index contributed by atoms with van der Waals surface area (Å²) in [6.45, 7) is 4.21. The molecule has 0 aliphatic rings. The van der Waals surface area contributed by atoms with Crippen molar-refractivity contribution in [2.75, 3.05) is 5.32 Å². The summed E-state index contributed by atoms with van der Waals surface area (Å²) < 4.78 is 1.05. The summed E-state index contributed by atoms with van der Waals surface area (Å²) >= 11 is 8.81. The minimum atomic E-state index is 0.456. The van der Waals surface area contributed by atoms with E-state index in [2.05, 4.69) is 74.9 Å². The summed E-state index contributed by atoms with van der Waals surface area (Å²) in [6.07, 6.45) is 4.72. The lowest BCUT2D eigenvalue weighted by atomic mass is 10.1. The number of hydrogen-bond acceptors (Lipinski definition) is 2. The molecule has 0 atom stereocenters. The number of nitrogens with one attached hydrogen (secondary N) is 3. The molecule has 3 rings (SSSR count). The first-order valence-corrected chi connectivity index (χ1v) is 9.23. The Morgan fingerprint density at radius 1 is 1.28 bits per heavy atom. The van der Waals surface area contributed by atoms with E-state index in [1.807, 2.05) is 18.3 Å². The third-order valence-electron chi connectivity index (χ3n) is 3.97. The lowest BCUT2D eigenvalue weighted by molar-refractivity contribution is 1.05. The smallest absolute Gasteiger partial charge is 0.191 e. The van der Waals surface area contributed by atoms with Crippen molar-refractivity contribution < 1.29 is 0 Å². The normalized spacial score (nSPS) is 11.2. The first-order valence-electron chi connectivity index (χ1n) is 8.03. The van der Waals surface area contributed by atoms with Gasteiger partial charge < -0.3 is 10.3 Å². The van der Waals surface area contributed by atoms with Gasteiger partial charge in [0.05, 0.1) is 6.21 Å². The van der Waals surface area contributed by atoms with Gasteiger partial charge in [-0.2, -0.15) is 5.10 Å². The molecule has 3 aromatic rings. The highest BCUT2D eigenvalue weighted by atomic mass is 79.9. The molecule has 1 aromatic heterocycles. The zero-order valence-electron chi connectivity index (χ0n) is 14.1. The van der Waals surface area contributed by atoms with E-state index in [-0.39, 0.29) is 0 Å². The lowest BCUT2D eigenvalue weighted by Gasteiger charge is -2.07. The second kappa shape index (κ2) is 7.80. The Labute approximate surface area is 160 Å². The summed E-state index contributed by atoms with van der Waals surface area (Å²) in [7, 11) is 0. The van der Waals surface area contributed by atoms with Crippen LogP contribution in [0.3, 0.4) is 0 Å². The molecule has 0 radical (unpaired) electrons. The number of rotatable bonds is 4. The Bertz CT molecular complexity index is 928. The number of aryl methyl sites for hydroxylation is 2. The highest BCUT2D eigenvalue weighted by Crippen LogP contribution is 2.25. The van der Waals surface area contributed by atoms with Crippen molar-refractivity contribution in [1.29, 1.82) is 0 Å². The van der Waals surface area contributed by atoms with Gasteiger partial charge >= 0.3 is 0 Å². The van der Waals surface area contributed by atoms with Crippen molar-refractivity contribution in [3.05, 3.63) is 63.8 Å². The van der Waals surface area contributed by atoms with Crippen LogP contribution in [0.15, 0.2) is 52.2 Å². The Balaban J connectivity index is 1.65. The van der Waals surface area contributed by atoms with E-state index in [1.54, 1.807) is 6.21 Å². The molecule has 4 nitrogen and oxygen atoms in total. The number of halogens is 1. The maximum Gasteiger partial charge on any atom is 0.191 e.